The van der Waals surface area contributed by atoms with Crippen LogP contribution in [0.25, 0.3) is 0 Å². The van der Waals surface area contributed by atoms with E-state index in [1.165, 1.54) is 6.07 Å². The molecule has 2 amide bonds. The standard InChI is InChI=1S/C22H26N2O4/c1-2-17-8-3-6-11-20(17)28-16-21(26)23-12-7-13-24(15-14-23)22(27)18-9-4-5-10-19(18)25/h3-6,8-11,25H,2,7,12-16H2,1H3. The van der Waals surface area contributed by atoms with Gasteiger partial charge in [0, 0.05) is 26.2 Å². The second kappa shape index (κ2) is 9.26. The minimum Gasteiger partial charge on any atom is -0.507 e. The molecule has 148 valence electrons. The fourth-order valence-electron chi connectivity index (χ4n) is 3.36. The SMILES string of the molecule is CCc1ccccc1OCC(=O)N1CCCN(C(=O)c2ccccc2O)CC1. The molecule has 1 aliphatic heterocycles. The molecule has 3 rings (SSSR count). The summed E-state index contributed by atoms with van der Waals surface area (Å²) in [6.45, 7) is 4.07. The maximum Gasteiger partial charge on any atom is 0.260 e. The van der Waals surface area contributed by atoms with E-state index >= 15 is 0 Å². The van der Waals surface area contributed by atoms with E-state index in [1.807, 2.05) is 24.3 Å². The highest BCUT2D eigenvalue weighted by Crippen LogP contribution is 2.20. The topological polar surface area (TPSA) is 70.1 Å². The molecule has 0 aliphatic carbocycles. The van der Waals surface area contributed by atoms with Crippen molar-refractivity contribution in [2.45, 2.75) is 19.8 Å². The summed E-state index contributed by atoms with van der Waals surface area (Å²) >= 11 is 0. The Morgan fingerprint density at radius 1 is 0.964 bits per heavy atom. The monoisotopic (exact) mass is 382 g/mol. The molecule has 6 heteroatoms. The van der Waals surface area contributed by atoms with Gasteiger partial charge in [0.25, 0.3) is 11.8 Å². The van der Waals surface area contributed by atoms with Gasteiger partial charge in [-0.25, -0.2) is 0 Å². The Hall–Kier alpha value is -3.02. The van der Waals surface area contributed by atoms with Crippen LogP contribution in [0.1, 0.15) is 29.3 Å². The zero-order chi connectivity index (χ0) is 19.9. The van der Waals surface area contributed by atoms with Crippen LogP contribution in [0, 0.1) is 0 Å². The van der Waals surface area contributed by atoms with Crippen LogP contribution in [-0.2, 0) is 11.2 Å². The number of ether oxygens (including phenoxy) is 1. The summed E-state index contributed by atoms with van der Waals surface area (Å²) in [6.07, 6.45) is 1.54. The molecule has 6 nitrogen and oxygen atoms in total. The van der Waals surface area contributed by atoms with E-state index in [2.05, 4.69) is 6.92 Å². The lowest BCUT2D eigenvalue weighted by Crippen LogP contribution is -2.39. The van der Waals surface area contributed by atoms with E-state index in [0.717, 1.165) is 17.7 Å². The third-order valence-corrected chi connectivity index (χ3v) is 4.97. The molecule has 0 atom stereocenters. The lowest BCUT2D eigenvalue weighted by Gasteiger charge is -2.22. The van der Waals surface area contributed by atoms with E-state index < -0.39 is 0 Å². The van der Waals surface area contributed by atoms with Crippen molar-refractivity contribution in [3.8, 4) is 11.5 Å². The van der Waals surface area contributed by atoms with Crippen molar-refractivity contribution < 1.29 is 19.4 Å². The maximum atomic E-state index is 12.7. The number of carbonyl (C=O) groups is 2. The van der Waals surface area contributed by atoms with Crippen molar-refractivity contribution in [3.05, 3.63) is 59.7 Å². The summed E-state index contributed by atoms with van der Waals surface area (Å²) in [4.78, 5) is 28.7. The molecule has 2 aromatic rings. The Morgan fingerprint density at radius 2 is 1.64 bits per heavy atom. The Morgan fingerprint density at radius 3 is 2.43 bits per heavy atom. The highest BCUT2D eigenvalue weighted by Gasteiger charge is 2.24. The van der Waals surface area contributed by atoms with Gasteiger partial charge in [-0.2, -0.15) is 0 Å². The summed E-state index contributed by atoms with van der Waals surface area (Å²) < 4.78 is 5.74. The molecule has 0 saturated carbocycles. The van der Waals surface area contributed by atoms with E-state index in [9.17, 15) is 14.7 Å². The molecule has 0 unspecified atom stereocenters. The van der Waals surface area contributed by atoms with Gasteiger partial charge in [-0.05, 0) is 36.6 Å². The molecular weight excluding hydrogens is 356 g/mol. The van der Waals surface area contributed by atoms with Crippen LogP contribution in [-0.4, -0.2) is 59.5 Å². The summed E-state index contributed by atoms with van der Waals surface area (Å²) in [5, 5.41) is 9.91. The average molecular weight is 382 g/mol. The van der Waals surface area contributed by atoms with Crippen molar-refractivity contribution in [1.82, 2.24) is 9.80 Å². The van der Waals surface area contributed by atoms with E-state index in [-0.39, 0.29) is 24.2 Å². The lowest BCUT2D eigenvalue weighted by molar-refractivity contribution is -0.133. The van der Waals surface area contributed by atoms with Gasteiger partial charge in [-0.3, -0.25) is 9.59 Å². The Bertz CT molecular complexity index is 837. The number of amides is 2. The zero-order valence-corrected chi connectivity index (χ0v) is 16.1. The molecule has 0 aromatic heterocycles. The number of phenols is 1. The predicted molar refractivity (Wildman–Crippen MR) is 107 cm³/mol. The Balaban J connectivity index is 1.56. The number of nitrogens with zero attached hydrogens (tertiary/aromatic N) is 2. The second-order valence-electron chi connectivity index (χ2n) is 6.79. The molecule has 0 radical (unpaired) electrons. The minimum atomic E-state index is -0.208. The molecule has 1 heterocycles. The van der Waals surface area contributed by atoms with Crippen LogP contribution < -0.4 is 4.74 Å². The van der Waals surface area contributed by atoms with Crippen LogP contribution in [0.15, 0.2) is 48.5 Å². The maximum absolute atomic E-state index is 12.7. The minimum absolute atomic E-state index is 0.00949. The molecular formula is C22H26N2O4. The van der Waals surface area contributed by atoms with Gasteiger partial charge in [-0.15, -0.1) is 0 Å². The molecule has 1 aliphatic rings. The fourth-order valence-corrected chi connectivity index (χ4v) is 3.36. The molecule has 28 heavy (non-hydrogen) atoms. The van der Waals surface area contributed by atoms with Crippen molar-refractivity contribution in [1.29, 1.82) is 0 Å². The highest BCUT2D eigenvalue weighted by molar-refractivity contribution is 5.96. The number of phenolic OH excluding ortho intramolecular Hbond substituents is 1. The average Bonchev–Trinajstić information content (AvgIpc) is 2.98. The zero-order valence-electron chi connectivity index (χ0n) is 16.1. The van der Waals surface area contributed by atoms with Crippen molar-refractivity contribution in [2.24, 2.45) is 0 Å². The molecule has 1 saturated heterocycles. The number of aryl methyl sites for hydroxylation is 1. The predicted octanol–water partition coefficient (Wildman–Crippen LogP) is 2.71. The van der Waals surface area contributed by atoms with Crippen molar-refractivity contribution in [2.75, 3.05) is 32.8 Å². The van der Waals surface area contributed by atoms with Crippen molar-refractivity contribution in [3.63, 3.8) is 0 Å². The lowest BCUT2D eigenvalue weighted by atomic mass is 10.1. The smallest absolute Gasteiger partial charge is 0.260 e. The number of hydrogen-bond acceptors (Lipinski definition) is 4. The van der Waals surface area contributed by atoms with E-state index in [4.69, 9.17) is 4.74 Å². The number of benzene rings is 2. The Labute approximate surface area is 165 Å². The van der Waals surface area contributed by atoms with Gasteiger partial charge < -0.3 is 19.6 Å². The van der Waals surface area contributed by atoms with Crippen LogP contribution in [0.4, 0.5) is 0 Å². The number of hydrogen-bond donors (Lipinski definition) is 1. The first-order valence-corrected chi connectivity index (χ1v) is 9.66. The molecule has 0 spiro atoms. The summed E-state index contributed by atoms with van der Waals surface area (Å²) in [6, 6.07) is 14.3. The number of carbonyl (C=O) groups excluding carboxylic acids is 2. The largest absolute Gasteiger partial charge is 0.507 e. The molecule has 2 aromatic carbocycles. The number of rotatable bonds is 5. The van der Waals surface area contributed by atoms with Crippen LogP contribution in [0.2, 0.25) is 0 Å². The van der Waals surface area contributed by atoms with Gasteiger partial charge >= 0.3 is 0 Å². The van der Waals surface area contributed by atoms with Crippen molar-refractivity contribution >= 4 is 11.8 Å². The molecule has 0 bridgehead atoms. The first-order chi connectivity index (χ1) is 13.6. The van der Waals surface area contributed by atoms with Crippen LogP contribution >= 0.6 is 0 Å². The van der Waals surface area contributed by atoms with Crippen LogP contribution in [0.3, 0.4) is 0 Å². The number of para-hydroxylation sites is 2. The normalized spacial score (nSPS) is 14.5. The van der Waals surface area contributed by atoms with Gasteiger partial charge in [0.2, 0.25) is 0 Å². The Kier molecular flexibility index (Phi) is 6.53. The van der Waals surface area contributed by atoms with Gasteiger partial charge in [-0.1, -0.05) is 37.3 Å². The van der Waals surface area contributed by atoms with Gasteiger partial charge in [0.05, 0.1) is 5.56 Å². The number of aromatic hydroxyl groups is 1. The quantitative estimate of drug-likeness (QED) is 0.863. The first-order valence-electron chi connectivity index (χ1n) is 9.66. The third kappa shape index (κ3) is 4.63. The van der Waals surface area contributed by atoms with Crippen LogP contribution in [0.5, 0.6) is 11.5 Å². The molecule has 1 fully saturated rings. The third-order valence-electron chi connectivity index (χ3n) is 4.97. The van der Waals surface area contributed by atoms with Gasteiger partial charge in [0.1, 0.15) is 11.5 Å². The van der Waals surface area contributed by atoms with E-state index in [0.29, 0.717) is 38.2 Å². The molecule has 1 N–H and O–H groups in total. The summed E-state index contributed by atoms with van der Waals surface area (Å²) in [7, 11) is 0. The summed E-state index contributed by atoms with van der Waals surface area (Å²) in [5.41, 5.74) is 1.37. The fraction of sp³-hybridized carbons (Fsp3) is 0.364. The first kappa shape index (κ1) is 19.7. The van der Waals surface area contributed by atoms with E-state index in [1.54, 1.807) is 28.0 Å². The summed E-state index contributed by atoms with van der Waals surface area (Å²) in [5.74, 6) is 0.431. The highest BCUT2D eigenvalue weighted by atomic mass is 16.5. The second-order valence-corrected chi connectivity index (χ2v) is 6.79. The van der Waals surface area contributed by atoms with Gasteiger partial charge in [0.15, 0.2) is 6.61 Å².